The van der Waals surface area contributed by atoms with Crippen LogP contribution in [0.15, 0.2) is 35.4 Å². The van der Waals surface area contributed by atoms with Gasteiger partial charge in [-0.2, -0.15) is 0 Å². The number of anilines is 2. The molecule has 0 spiro atoms. The normalized spacial score (nSPS) is 14.2. The molecule has 1 fully saturated rings. The lowest BCUT2D eigenvalue weighted by atomic mass is 10.3. The lowest BCUT2D eigenvalue weighted by Crippen LogP contribution is -2.24. The number of pyridine rings is 1. The van der Waals surface area contributed by atoms with E-state index >= 15 is 0 Å². The highest BCUT2D eigenvalue weighted by atomic mass is 32.2. The van der Waals surface area contributed by atoms with Gasteiger partial charge in [0.25, 0.3) is 15.7 Å². The molecular formula is C16H16N4O7S. The third-order valence-electron chi connectivity index (χ3n) is 4.12. The summed E-state index contributed by atoms with van der Waals surface area (Å²) in [5, 5.41) is 20.6. The van der Waals surface area contributed by atoms with Crippen LogP contribution in [0.2, 0.25) is 0 Å². The summed E-state index contributed by atoms with van der Waals surface area (Å²) in [5.74, 6) is -1.28. The minimum atomic E-state index is -4.29. The number of sulfonamides is 1. The Hall–Kier alpha value is -3.41. The highest BCUT2D eigenvalue weighted by Gasteiger charge is 2.27. The van der Waals surface area contributed by atoms with Gasteiger partial charge in [-0.3, -0.25) is 19.6 Å². The molecule has 11 nitrogen and oxygen atoms in total. The molecular weight excluding hydrogens is 392 g/mol. The molecule has 2 N–H and O–H groups in total. The van der Waals surface area contributed by atoms with Crippen LogP contribution in [0.4, 0.5) is 17.2 Å². The number of amides is 1. The van der Waals surface area contributed by atoms with Gasteiger partial charge in [-0.1, -0.05) is 0 Å². The average Bonchev–Trinajstić information content (AvgIpc) is 3.08. The van der Waals surface area contributed by atoms with Crippen LogP contribution in [0.3, 0.4) is 0 Å². The number of nitrogens with zero attached hydrogens (tertiary/aromatic N) is 3. The average molecular weight is 408 g/mol. The van der Waals surface area contributed by atoms with Crippen molar-refractivity contribution < 1.29 is 28.0 Å². The molecule has 1 aromatic heterocycles. The van der Waals surface area contributed by atoms with E-state index < -0.39 is 32.2 Å². The second-order valence-electron chi connectivity index (χ2n) is 5.91. The smallest absolute Gasteiger partial charge is 0.291 e. The van der Waals surface area contributed by atoms with Gasteiger partial charge in [-0.25, -0.2) is 13.4 Å². The molecule has 0 unspecified atom stereocenters. The Morgan fingerprint density at radius 1 is 1.36 bits per heavy atom. The number of nitro groups is 1. The molecule has 0 aliphatic carbocycles. The van der Waals surface area contributed by atoms with E-state index in [0.717, 1.165) is 12.3 Å². The fraction of sp³-hybridized carbons (Fsp3) is 0.250. The van der Waals surface area contributed by atoms with E-state index in [4.69, 9.17) is 4.74 Å². The summed E-state index contributed by atoms with van der Waals surface area (Å²) in [5.41, 5.74) is -0.0999. The van der Waals surface area contributed by atoms with Crippen molar-refractivity contribution in [3.05, 3.63) is 40.6 Å². The van der Waals surface area contributed by atoms with Crippen LogP contribution >= 0.6 is 0 Å². The van der Waals surface area contributed by atoms with Crippen LogP contribution in [0.25, 0.3) is 0 Å². The van der Waals surface area contributed by atoms with Crippen molar-refractivity contribution in [2.24, 2.45) is 0 Å². The molecule has 28 heavy (non-hydrogen) atoms. The maximum absolute atomic E-state index is 12.8. The van der Waals surface area contributed by atoms with Crippen molar-refractivity contribution in [1.82, 2.24) is 4.98 Å². The Labute approximate surface area is 159 Å². The van der Waals surface area contributed by atoms with E-state index in [1.165, 1.54) is 24.1 Å². The van der Waals surface area contributed by atoms with Crippen LogP contribution in [-0.2, 0) is 14.8 Å². The monoisotopic (exact) mass is 408 g/mol. The summed E-state index contributed by atoms with van der Waals surface area (Å²) in [7, 11) is -3.00. The van der Waals surface area contributed by atoms with Crippen molar-refractivity contribution in [3.63, 3.8) is 0 Å². The molecule has 12 heteroatoms. The zero-order chi connectivity index (χ0) is 20.5. The molecule has 0 radical (unpaired) electrons. The van der Waals surface area contributed by atoms with Crippen LogP contribution in [0, 0.1) is 10.1 Å². The predicted molar refractivity (Wildman–Crippen MR) is 97.9 cm³/mol. The zero-order valence-electron chi connectivity index (χ0n) is 14.7. The number of ether oxygens (including phenoxy) is 1. The second-order valence-corrected chi connectivity index (χ2v) is 7.56. The van der Waals surface area contributed by atoms with Crippen LogP contribution in [0.5, 0.6) is 11.5 Å². The maximum Gasteiger partial charge on any atom is 0.291 e. The molecule has 1 saturated heterocycles. The number of aromatic hydroxyl groups is 1. The van der Waals surface area contributed by atoms with Gasteiger partial charge in [-0.15, -0.1) is 0 Å². The Balaban J connectivity index is 1.99. The predicted octanol–water partition coefficient (Wildman–Crippen LogP) is 1.63. The fourth-order valence-electron chi connectivity index (χ4n) is 2.77. The van der Waals surface area contributed by atoms with E-state index in [0.29, 0.717) is 25.1 Å². The van der Waals surface area contributed by atoms with Gasteiger partial charge in [-0.05, 0) is 24.6 Å². The highest BCUT2D eigenvalue weighted by molar-refractivity contribution is 7.92. The van der Waals surface area contributed by atoms with Crippen LogP contribution in [0.1, 0.15) is 12.8 Å². The molecule has 1 aliphatic heterocycles. The lowest BCUT2D eigenvalue weighted by Gasteiger charge is -2.18. The third kappa shape index (κ3) is 3.67. The number of rotatable bonds is 6. The minimum Gasteiger partial charge on any atom is -0.504 e. The molecule has 148 valence electrons. The standard InChI is InChI=1S/C16H16N4O7S/c1-27-13-5-4-10(19-6-2-3-15(19)22)8-14(13)28(25,26)18-16-12(21)7-11(9-17-16)20(23)24/h4-5,7-9,21H,2-3,6H2,1H3,(H,17,18). The van der Waals surface area contributed by atoms with Gasteiger partial charge in [0.15, 0.2) is 11.6 Å². The zero-order valence-corrected chi connectivity index (χ0v) is 15.5. The summed E-state index contributed by atoms with van der Waals surface area (Å²) in [4.78, 5) is 26.7. The number of carbonyl (C=O) groups is 1. The summed E-state index contributed by atoms with van der Waals surface area (Å²) in [6.07, 6.45) is 1.87. The minimum absolute atomic E-state index is 0.0179. The van der Waals surface area contributed by atoms with Crippen LogP contribution in [-0.4, -0.2) is 43.0 Å². The Kier molecular flexibility index (Phi) is 5.05. The number of hydrogen-bond donors (Lipinski definition) is 2. The van der Waals surface area contributed by atoms with Crippen molar-refractivity contribution in [3.8, 4) is 11.5 Å². The molecule has 2 heterocycles. The first-order valence-electron chi connectivity index (χ1n) is 8.07. The molecule has 0 atom stereocenters. The molecule has 3 rings (SSSR count). The largest absolute Gasteiger partial charge is 0.504 e. The van der Waals surface area contributed by atoms with Crippen molar-refractivity contribution in [2.75, 3.05) is 23.3 Å². The van der Waals surface area contributed by atoms with Gasteiger partial charge >= 0.3 is 0 Å². The number of hydrogen-bond acceptors (Lipinski definition) is 8. The van der Waals surface area contributed by atoms with Gasteiger partial charge in [0, 0.05) is 18.7 Å². The SMILES string of the molecule is COc1ccc(N2CCCC2=O)cc1S(=O)(=O)Nc1ncc([N+](=O)[O-])cc1O. The summed E-state index contributed by atoms with van der Waals surface area (Å²) in [6.45, 7) is 0.475. The van der Waals surface area contributed by atoms with Gasteiger partial charge in [0.1, 0.15) is 16.8 Å². The van der Waals surface area contributed by atoms with Crippen molar-refractivity contribution >= 4 is 33.1 Å². The van der Waals surface area contributed by atoms with E-state index in [9.17, 15) is 28.4 Å². The fourth-order valence-corrected chi connectivity index (χ4v) is 3.98. The van der Waals surface area contributed by atoms with Gasteiger partial charge in [0.05, 0.1) is 18.1 Å². The van der Waals surface area contributed by atoms with E-state index in [1.54, 1.807) is 6.07 Å². The first kappa shape index (κ1) is 19.4. The quantitative estimate of drug-likeness (QED) is 0.540. The van der Waals surface area contributed by atoms with Crippen LogP contribution < -0.4 is 14.4 Å². The molecule has 0 saturated carbocycles. The highest BCUT2D eigenvalue weighted by Crippen LogP contribution is 2.33. The summed E-state index contributed by atoms with van der Waals surface area (Å²) in [6, 6.07) is 5.05. The number of benzene rings is 1. The first-order chi connectivity index (χ1) is 13.2. The molecule has 1 amide bonds. The molecule has 1 aromatic carbocycles. The lowest BCUT2D eigenvalue weighted by molar-refractivity contribution is -0.385. The Bertz CT molecular complexity index is 1050. The van der Waals surface area contributed by atoms with E-state index in [2.05, 4.69) is 9.71 Å². The van der Waals surface area contributed by atoms with Crippen molar-refractivity contribution in [2.45, 2.75) is 17.7 Å². The number of nitrogens with one attached hydrogen (secondary N) is 1. The van der Waals surface area contributed by atoms with Gasteiger partial charge in [0.2, 0.25) is 5.91 Å². The first-order valence-corrected chi connectivity index (χ1v) is 9.56. The summed E-state index contributed by atoms with van der Waals surface area (Å²) >= 11 is 0. The Morgan fingerprint density at radius 3 is 2.68 bits per heavy atom. The molecule has 1 aliphatic rings. The van der Waals surface area contributed by atoms with Crippen molar-refractivity contribution in [1.29, 1.82) is 0 Å². The molecule has 2 aromatic rings. The molecule has 0 bridgehead atoms. The number of aromatic nitrogens is 1. The topological polar surface area (TPSA) is 152 Å². The maximum atomic E-state index is 12.8. The van der Waals surface area contributed by atoms with Gasteiger partial charge < -0.3 is 14.7 Å². The van der Waals surface area contributed by atoms with E-state index in [1.807, 2.05) is 0 Å². The second kappa shape index (κ2) is 7.31. The Morgan fingerprint density at radius 2 is 2.11 bits per heavy atom. The van der Waals surface area contributed by atoms with E-state index in [-0.39, 0.29) is 16.6 Å². The third-order valence-corrected chi connectivity index (χ3v) is 5.48. The number of methoxy groups -OCH3 is 1. The summed E-state index contributed by atoms with van der Waals surface area (Å²) < 4.78 is 32.8. The number of carbonyl (C=O) groups excluding carboxylic acids is 1.